The molecule has 10 heteroatoms. The molecule has 0 aliphatic carbocycles. The number of rotatable bonds is 11. The van der Waals surface area contributed by atoms with Crippen molar-refractivity contribution < 1.29 is 23.0 Å². The molecule has 5 aromatic carbocycles. The van der Waals surface area contributed by atoms with Crippen molar-refractivity contribution >= 4 is 50.8 Å². The summed E-state index contributed by atoms with van der Waals surface area (Å²) >= 11 is -3.19. The van der Waals surface area contributed by atoms with E-state index in [1.54, 1.807) is 0 Å². The van der Waals surface area contributed by atoms with Crippen LogP contribution in [-0.4, -0.2) is 21.9 Å². The molecule has 0 N–H and O–H groups in total. The first-order valence-corrected chi connectivity index (χ1v) is 23.5. The molecule has 0 heterocycles. The van der Waals surface area contributed by atoms with Gasteiger partial charge in [-0.25, -0.2) is 0 Å². The van der Waals surface area contributed by atoms with Crippen LogP contribution in [0.4, 0.5) is 0 Å². The zero-order chi connectivity index (χ0) is 35.5. The van der Waals surface area contributed by atoms with Gasteiger partial charge in [-0.1, -0.05) is 0 Å². The van der Waals surface area contributed by atoms with Crippen molar-refractivity contribution in [2.24, 2.45) is 0 Å². The van der Waals surface area contributed by atoms with E-state index >= 15 is 0 Å². The van der Waals surface area contributed by atoms with E-state index in [1.165, 1.54) is 0 Å². The van der Waals surface area contributed by atoms with Crippen LogP contribution in [-0.2, 0) is 37.2 Å². The van der Waals surface area contributed by atoms with Gasteiger partial charge in [-0.3, -0.25) is 0 Å². The Labute approximate surface area is 301 Å². The Morgan fingerprint density at radius 3 is 1.10 bits per heavy atom. The molecule has 260 valence electrons. The molecule has 0 amide bonds. The molecule has 0 unspecified atom stereocenters. The summed E-state index contributed by atoms with van der Waals surface area (Å²) in [6.45, 7) is 12.7. The van der Waals surface area contributed by atoms with Crippen molar-refractivity contribution in [3.05, 3.63) is 158 Å². The molecule has 0 bridgehead atoms. The predicted octanol–water partition coefficient (Wildman–Crippen LogP) is 10.3. The Hall–Kier alpha value is -3.00. The van der Waals surface area contributed by atoms with Crippen LogP contribution in [0.2, 0.25) is 0 Å². The van der Waals surface area contributed by atoms with E-state index in [0.29, 0.717) is 14.7 Å². The van der Waals surface area contributed by atoms with Crippen LogP contribution < -0.4 is 0 Å². The number of hydrogen-bond acceptors (Lipinski definition) is 6. The van der Waals surface area contributed by atoms with Gasteiger partial charge in [0, 0.05) is 0 Å². The molecular weight excluding hydrogens is 788 g/mol. The third-order valence-electron chi connectivity index (χ3n) is 7.70. The summed E-state index contributed by atoms with van der Waals surface area (Å²) in [6, 6.07) is 42.8. The summed E-state index contributed by atoms with van der Waals surface area (Å²) in [5, 5.41) is -1.34. The van der Waals surface area contributed by atoms with Gasteiger partial charge >= 0.3 is 304 Å². The van der Waals surface area contributed by atoms with Gasteiger partial charge in [0.25, 0.3) is 0 Å². The summed E-state index contributed by atoms with van der Waals surface area (Å²) in [7, 11) is -12.3. The Balaban J connectivity index is 1.55. The maximum atomic E-state index is 14.1. The first-order valence-electron chi connectivity index (χ1n) is 15.8. The first kappa shape index (κ1) is 37.3. The van der Waals surface area contributed by atoms with Gasteiger partial charge in [0.05, 0.1) is 0 Å². The van der Waals surface area contributed by atoms with Crippen molar-refractivity contribution in [1.82, 2.24) is 0 Å². The minimum atomic E-state index is -4.75. The third kappa shape index (κ3) is 9.03. The van der Waals surface area contributed by atoms with Crippen molar-refractivity contribution in [2.75, 3.05) is 5.08 Å². The summed E-state index contributed by atoms with van der Waals surface area (Å²) in [6.07, 6.45) is 0. The Morgan fingerprint density at radius 2 is 0.796 bits per heavy atom. The second kappa shape index (κ2) is 14.7. The summed E-state index contributed by atoms with van der Waals surface area (Å²) in [5.74, 6) is 0. The Kier molecular flexibility index (Phi) is 11.2. The normalized spacial score (nSPS) is 13.6. The Morgan fingerprint density at radius 1 is 0.469 bits per heavy atom. The second-order valence-electron chi connectivity index (χ2n) is 13.6. The monoisotopic (exact) mass is 830 g/mol. The molecule has 0 aromatic heterocycles. The average molecular weight is 831 g/mol. The van der Waals surface area contributed by atoms with Crippen LogP contribution in [0.25, 0.3) is 0 Å². The quantitative estimate of drug-likeness (QED) is 0.123. The molecule has 49 heavy (non-hydrogen) atoms. The van der Waals surface area contributed by atoms with Crippen LogP contribution in [0.5, 0.6) is 0 Å². The molecule has 0 aliphatic heterocycles. The van der Waals surface area contributed by atoms with E-state index < -0.39 is 55.9 Å². The van der Waals surface area contributed by atoms with Crippen LogP contribution in [0, 0.1) is 7.14 Å². The van der Waals surface area contributed by atoms with Crippen molar-refractivity contribution in [1.29, 1.82) is 0 Å². The van der Waals surface area contributed by atoms with Crippen LogP contribution >= 0.6 is 30.5 Å². The van der Waals surface area contributed by atoms with Crippen LogP contribution in [0.1, 0.15) is 52.7 Å². The molecule has 0 aliphatic rings. The van der Waals surface area contributed by atoms with E-state index in [4.69, 9.17) is 6.14 Å². The third-order valence-corrected chi connectivity index (χ3v) is 21.2. The van der Waals surface area contributed by atoms with E-state index in [-0.39, 0.29) is 10.8 Å². The van der Waals surface area contributed by atoms with Gasteiger partial charge in [0.2, 0.25) is 0 Å². The molecule has 0 radical (unpaired) electrons. The molecule has 0 atom stereocenters. The minimum absolute atomic E-state index is 0.102. The molecule has 5 rings (SSSR count). The van der Waals surface area contributed by atoms with E-state index in [0.717, 1.165) is 18.3 Å². The van der Waals surface area contributed by atoms with Gasteiger partial charge in [0.15, 0.2) is 0 Å². The Bertz CT molecular complexity index is 1900. The topological polar surface area (TPSA) is 86.7 Å². The maximum absolute atomic E-state index is 14.1. The van der Waals surface area contributed by atoms with Gasteiger partial charge in [0.1, 0.15) is 0 Å². The van der Waals surface area contributed by atoms with Crippen molar-refractivity contribution in [3.63, 3.8) is 0 Å². The standard InChI is InChI=1S/C39H43IO6S3/c1-38(2,3)31-22-26-33(27-23-31)40(34-28-24-32(25-29-34)39(4,5)6)45-47(41,42)30-48(43,44)46-49(35-16-10-7-11-17-35,36-18-12-8-13-19-36)37-20-14-9-15-21-37/h7-29H,30H2,1-6H3. The summed E-state index contributed by atoms with van der Waals surface area (Å²) in [5.41, 5.74) is 1.98. The van der Waals surface area contributed by atoms with Crippen molar-refractivity contribution in [3.8, 4) is 0 Å². The first-order chi connectivity index (χ1) is 23.0. The SMILES string of the molecule is CC(C)(C)c1ccc(I(OS(=O)(=O)CS(=O)(=O)OS(c2ccccc2)(c2ccccc2)c2ccccc2)c2ccc(C(C)(C)C)cc2)cc1. The zero-order valence-electron chi connectivity index (χ0n) is 28.5. The van der Waals surface area contributed by atoms with E-state index in [1.807, 2.05) is 140 Å². The molecule has 0 fully saturated rings. The molecule has 0 saturated heterocycles. The molecule has 5 aromatic rings. The molecule has 0 spiro atoms. The molecule has 6 nitrogen and oxygen atoms in total. The zero-order valence-corrected chi connectivity index (χ0v) is 33.1. The van der Waals surface area contributed by atoms with Crippen molar-refractivity contribution in [2.45, 2.75) is 67.1 Å². The second-order valence-corrected chi connectivity index (χ2v) is 25.0. The van der Waals surface area contributed by atoms with E-state index in [9.17, 15) is 16.8 Å². The molecular formula is C39H43IO6S3. The fourth-order valence-corrected chi connectivity index (χ4v) is 18.8. The van der Waals surface area contributed by atoms with Gasteiger partial charge in [-0.05, 0) is 0 Å². The van der Waals surface area contributed by atoms with E-state index in [2.05, 4.69) is 41.5 Å². The van der Waals surface area contributed by atoms with Crippen LogP contribution in [0.3, 0.4) is 0 Å². The molecule has 0 saturated carbocycles. The van der Waals surface area contributed by atoms with Gasteiger partial charge in [-0.2, -0.15) is 0 Å². The predicted molar refractivity (Wildman–Crippen MR) is 208 cm³/mol. The van der Waals surface area contributed by atoms with Gasteiger partial charge < -0.3 is 0 Å². The fraction of sp³-hybridized carbons (Fsp3) is 0.231. The number of benzene rings is 5. The number of halogens is 1. The summed E-state index contributed by atoms with van der Waals surface area (Å²) in [4.78, 5) is 1.84. The summed E-state index contributed by atoms with van der Waals surface area (Å²) < 4.78 is 69.8. The van der Waals surface area contributed by atoms with Gasteiger partial charge in [-0.15, -0.1) is 0 Å². The van der Waals surface area contributed by atoms with Crippen LogP contribution in [0.15, 0.2) is 154 Å². The number of hydrogen-bond donors (Lipinski definition) is 0. The average Bonchev–Trinajstić information content (AvgIpc) is 3.06. The fourth-order valence-electron chi connectivity index (χ4n) is 5.16.